The molecule has 0 radical (unpaired) electrons. The number of hydrogen-bond acceptors (Lipinski definition) is 2. The van der Waals surface area contributed by atoms with Crippen LogP contribution >= 0.6 is 15.9 Å². The van der Waals surface area contributed by atoms with E-state index in [9.17, 15) is 0 Å². The summed E-state index contributed by atoms with van der Waals surface area (Å²) in [5.41, 5.74) is 3.68. The summed E-state index contributed by atoms with van der Waals surface area (Å²) >= 11 is 3.51. The van der Waals surface area contributed by atoms with Crippen molar-refractivity contribution in [3.63, 3.8) is 0 Å². The van der Waals surface area contributed by atoms with Crippen molar-refractivity contribution in [3.8, 4) is 0 Å². The van der Waals surface area contributed by atoms with E-state index >= 15 is 0 Å². The molecule has 0 saturated carbocycles. The van der Waals surface area contributed by atoms with Gasteiger partial charge >= 0.3 is 0 Å². The van der Waals surface area contributed by atoms with Crippen LogP contribution in [0.3, 0.4) is 0 Å². The highest BCUT2D eigenvalue weighted by atomic mass is 79.9. The predicted octanol–water partition coefficient (Wildman–Crippen LogP) is 4.92. The molecule has 0 unspecified atom stereocenters. The second-order valence-corrected chi connectivity index (χ2v) is 5.79. The fourth-order valence-corrected chi connectivity index (χ4v) is 2.59. The third-order valence-electron chi connectivity index (χ3n) is 3.39. The van der Waals surface area contributed by atoms with Gasteiger partial charge in [-0.05, 0) is 47.7 Å². The van der Waals surface area contributed by atoms with Gasteiger partial charge in [-0.25, -0.2) is 0 Å². The number of halogens is 1. The first-order valence-corrected chi connectivity index (χ1v) is 7.34. The molecule has 1 heterocycles. The molecule has 100 valence electrons. The number of fused-ring (bicyclic) bond motifs is 1. The van der Waals surface area contributed by atoms with Crippen molar-refractivity contribution in [3.05, 3.63) is 70.5 Å². The van der Waals surface area contributed by atoms with Crippen molar-refractivity contribution in [2.45, 2.75) is 13.5 Å². The predicted molar refractivity (Wildman–Crippen MR) is 87.9 cm³/mol. The van der Waals surface area contributed by atoms with Crippen LogP contribution in [0.4, 0.5) is 5.69 Å². The summed E-state index contributed by atoms with van der Waals surface area (Å²) in [6.45, 7) is 2.93. The second kappa shape index (κ2) is 5.63. The van der Waals surface area contributed by atoms with Crippen LogP contribution in [0.15, 0.2) is 59.3 Å². The molecule has 2 nitrogen and oxygen atoms in total. The SMILES string of the molecule is Cc1ccc(Br)cc1NCc1ccc2cnccc2c1. The summed E-state index contributed by atoms with van der Waals surface area (Å²) in [7, 11) is 0. The van der Waals surface area contributed by atoms with E-state index in [1.54, 1.807) is 0 Å². The fourth-order valence-electron chi connectivity index (χ4n) is 2.22. The number of anilines is 1. The maximum absolute atomic E-state index is 4.14. The standard InChI is InChI=1S/C17H15BrN2/c1-12-2-5-16(18)9-17(12)20-10-13-3-4-15-11-19-7-6-14(15)8-13/h2-9,11,20H,10H2,1H3. The molecule has 0 bridgehead atoms. The van der Waals surface area contributed by atoms with Gasteiger partial charge in [0.25, 0.3) is 0 Å². The third kappa shape index (κ3) is 2.83. The topological polar surface area (TPSA) is 24.9 Å². The molecule has 0 aliphatic carbocycles. The second-order valence-electron chi connectivity index (χ2n) is 4.87. The summed E-state index contributed by atoms with van der Waals surface area (Å²) in [6, 6.07) is 14.8. The van der Waals surface area contributed by atoms with Crippen LogP contribution in [-0.2, 0) is 6.54 Å². The maximum atomic E-state index is 4.14. The first kappa shape index (κ1) is 13.1. The Hall–Kier alpha value is -1.87. The number of nitrogens with one attached hydrogen (secondary N) is 1. The summed E-state index contributed by atoms with van der Waals surface area (Å²) < 4.78 is 1.09. The lowest BCUT2D eigenvalue weighted by Crippen LogP contribution is -2.01. The Morgan fingerprint density at radius 2 is 1.95 bits per heavy atom. The van der Waals surface area contributed by atoms with Crippen molar-refractivity contribution in [2.75, 3.05) is 5.32 Å². The van der Waals surface area contributed by atoms with Gasteiger partial charge in [0.1, 0.15) is 0 Å². The minimum Gasteiger partial charge on any atom is -0.381 e. The molecule has 2 aromatic carbocycles. The number of nitrogens with zero attached hydrogens (tertiary/aromatic N) is 1. The number of rotatable bonds is 3. The number of aryl methyl sites for hydroxylation is 1. The first-order chi connectivity index (χ1) is 9.72. The zero-order valence-corrected chi connectivity index (χ0v) is 12.8. The zero-order chi connectivity index (χ0) is 13.9. The molecule has 3 aromatic rings. The molecule has 1 N–H and O–H groups in total. The van der Waals surface area contributed by atoms with Crippen LogP contribution in [-0.4, -0.2) is 4.98 Å². The van der Waals surface area contributed by atoms with E-state index in [1.807, 2.05) is 18.5 Å². The molecule has 3 heteroatoms. The normalized spacial score (nSPS) is 10.7. The van der Waals surface area contributed by atoms with E-state index in [1.165, 1.54) is 21.9 Å². The Labute approximate surface area is 127 Å². The smallest absolute Gasteiger partial charge is 0.0401 e. The van der Waals surface area contributed by atoms with Gasteiger partial charge < -0.3 is 5.32 Å². The molecule has 0 saturated heterocycles. The van der Waals surface area contributed by atoms with Crippen molar-refractivity contribution < 1.29 is 0 Å². The van der Waals surface area contributed by atoms with E-state index in [0.717, 1.165) is 16.7 Å². The van der Waals surface area contributed by atoms with E-state index in [0.29, 0.717) is 0 Å². The molecule has 0 amide bonds. The Morgan fingerprint density at radius 1 is 1.05 bits per heavy atom. The first-order valence-electron chi connectivity index (χ1n) is 6.55. The van der Waals surface area contributed by atoms with Gasteiger partial charge in [-0.2, -0.15) is 0 Å². The molecular formula is C17H15BrN2. The molecule has 1 aromatic heterocycles. The van der Waals surface area contributed by atoms with Crippen molar-refractivity contribution in [1.29, 1.82) is 0 Å². The molecule has 0 spiro atoms. The molecule has 0 aliphatic heterocycles. The molecule has 0 aliphatic rings. The van der Waals surface area contributed by atoms with Crippen LogP contribution < -0.4 is 5.32 Å². The average molecular weight is 327 g/mol. The zero-order valence-electron chi connectivity index (χ0n) is 11.2. The lowest BCUT2D eigenvalue weighted by Gasteiger charge is -2.10. The number of hydrogen-bond donors (Lipinski definition) is 1. The van der Waals surface area contributed by atoms with Crippen LogP contribution in [0.25, 0.3) is 10.8 Å². The Bertz CT molecular complexity index is 753. The number of aromatic nitrogens is 1. The van der Waals surface area contributed by atoms with Crippen molar-refractivity contribution >= 4 is 32.4 Å². The Kier molecular flexibility index (Phi) is 3.70. The van der Waals surface area contributed by atoms with Crippen LogP contribution in [0.2, 0.25) is 0 Å². The molecule has 0 fully saturated rings. The van der Waals surface area contributed by atoms with Gasteiger partial charge in [0.05, 0.1) is 0 Å². The van der Waals surface area contributed by atoms with Gasteiger partial charge in [-0.1, -0.05) is 34.1 Å². The Morgan fingerprint density at radius 3 is 2.85 bits per heavy atom. The molecule has 0 atom stereocenters. The summed E-state index contributed by atoms with van der Waals surface area (Å²) in [4.78, 5) is 4.14. The largest absolute Gasteiger partial charge is 0.381 e. The lowest BCUT2D eigenvalue weighted by atomic mass is 10.1. The highest BCUT2D eigenvalue weighted by molar-refractivity contribution is 9.10. The van der Waals surface area contributed by atoms with Gasteiger partial charge in [0.2, 0.25) is 0 Å². The van der Waals surface area contributed by atoms with E-state index in [2.05, 4.69) is 69.6 Å². The maximum Gasteiger partial charge on any atom is 0.0401 e. The third-order valence-corrected chi connectivity index (χ3v) is 3.88. The van der Waals surface area contributed by atoms with Crippen molar-refractivity contribution in [2.24, 2.45) is 0 Å². The van der Waals surface area contributed by atoms with Crippen LogP contribution in [0, 0.1) is 6.92 Å². The Balaban J connectivity index is 1.81. The highest BCUT2D eigenvalue weighted by Crippen LogP contribution is 2.22. The van der Waals surface area contributed by atoms with E-state index in [4.69, 9.17) is 0 Å². The molecule has 3 rings (SSSR count). The lowest BCUT2D eigenvalue weighted by molar-refractivity contribution is 1.14. The van der Waals surface area contributed by atoms with Crippen LogP contribution in [0.1, 0.15) is 11.1 Å². The molecule has 20 heavy (non-hydrogen) atoms. The monoisotopic (exact) mass is 326 g/mol. The minimum atomic E-state index is 0.815. The average Bonchev–Trinajstić information content (AvgIpc) is 2.48. The van der Waals surface area contributed by atoms with Crippen LogP contribution in [0.5, 0.6) is 0 Å². The van der Waals surface area contributed by atoms with E-state index < -0.39 is 0 Å². The highest BCUT2D eigenvalue weighted by Gasteiger charge is 2.00. The summed E-state index contributed by atoms with van der Waals surface area (Å²) in [5.74, 6) is 0. The fraction of sp³-hybridized carbons (Fsp3) is 0.118. The minimum absolute atomic E-state index is 0.815. The molecular weight excluding hydrogens is 312 g/mol. The summed E-state index contributed by atoms with van der Waals surface area (Å²) in [5, 5.41) is 5.89. The summed E-state index contributed by atoms with van der Waals surface area (Å²) in [6.07, 6.45) is 3.73. The van der Waals surface area contributed by atoms with Crippen molar-refractivity contribution in [1.82, 2.24) is 4.98 Å². The number of pyridine rings is 1. The quantitative estimate of drug-likeness (QED) is 0.739. The van der Waals surface area contributed by atoms with Gasteiger partial charge in [0.15, 0.2) is 0 Å². The van der Waals surface area contributed by atoms with Gasteiger partial charge in [0, 0.05) is 34.5 Å². The van der Waals surface area contributed by atoms with Gasteiger partial charge in [-0.3, -0.25) is 4.98 Å². The van der Waals surface area contributed by atoms with Gasteiger partial charge in [-0.15, -0.1) is 0 Å². The number of benzene rings is 2. The van der Waals surface area contributed by atoms with E-state index in [-0.39, 0.29) is 0 Å².